The number of guanidine groups is 1. The minimum atomic E-state index is 0.188. The first-order chi connectivity index (χ1) is 14.7. The van der Waals surface area contributed by atoms with Crippen LogP contribution in [0, 0.1) is 5.41 Å². The van der Waals surface area contributed by atoms with Crippen LogP contribution in [0.4, 0.5) is 5.95 Å². The van der Waals surface area contributed by atoms with Crippen molar-refractivity contribution in [2.75, 3.05) is 50.7 Å². The lowest BCUT2D eigenvalue weighted by Crippen LogP contribution is -2.50. The van der Waals surface area contributed by atoms with E-state index >= 15 is 0 Å². The van der Waals surface area contributed by atoms with Crippen LogP contribution in [0.5, 0.6) is 0 Å². The Labute approximate surface area is 180 Å². The van der Waals surface area contributed by atoms with Crippen LogP contribution in [0.25, 0.3) is 0 Å². The number of amides is 1. The summed E-state index contributed by atoms with van der Waals surface area (Å²) in [7, 11) is 0. The molecule has 2 N–H and O–H groups in total. The van der Waals surface area contributed by atoms with E-state index in [1.807, 2.05) is 11.0 Å². The van der Waals surface area contributed by atoms with Gasteiger partial charge in [-0.1, -0.05) is 19.8 Å². The molecule has 8 nitrogen and oxygen atoms in total. The van der Waals surface area contributed by atoms with Crippen LogP contribution in [0.15, 0.2) is 23.5 Å². The summed E-state index contributed by atoms with van der Waals surface area (Å²) in [5.41, 5.74) is 0.375. The van der Waals surface area contributed by atoms with E-state index in [0.717, 1.165) is 38.1 Å². The second-order valence-electron chi connectivity index (χ2n) is 8.35. The monoisotopic (exact) mass is 415 g/mol. The molecule has 0 unspecified atom stereocenters. The molecule has 1 aliphatic heterocycles. The summed E-state index contributed by atoms with van der Waals surface area (Å²) in [4.78, 5) is 30.1. The highest BCUT2D eigenvalue weighted by atomic mass is 16.2. The van der Waals surface area contributed by atoms with Crippen molar-refractivity contribution in [1.29, 1.82) is 0 Å². The molecule has 2 fully saturated rings. The normalized spacial score (nSPS) is 19.1. The van der Waals surface area contributed by atoms with Gasteiger partial charge in [0.25, 0.3) is 0 Å². The van der Waals surface area contributed by atoms with Crippen LogP contribution in [0.3, 0.4) is 0 Å². The van der Waals surface area contributed by atoms with Gasteiger partial charge in [0, 0.05) is 64.6 Å². The number of carbonyl (C=O) groups excluding carboxylic acids is 1. The average molecular weight is 416 g/mol. The molecule has 30 heavy (non-hydrogen) atoms. The molecular formula is C22H37N7O. The summed E-state index contributed by atoms with van der Waals surface area (Å²) < 4.78 is 0. The number of anilines is 1. The zero-order valence-corrected chi connectivity index (χ0v) is 18.6. The molecule has 1 aliphatic carbocycles. The van der Waals surface area contributed by atoms with Gasteiger partial charge in [-0.15, -0.1) is 0 Å². The third kappa shape index (κ3) is 6.06. The van der Waals surface area contributed by atoms with Gasteiger partial charge in [-0.25, -0.2) is 9.97 Å². The Morgan fingerprint density at radius 1 is 1.10 bits per heavy atom. The van der Waals surface area contributed by atoms with Crippen molar-refractivity contribution in [3.63, 3.8) is 0 Å². The molecular weight excluding hydrogens is 378 g/mol. The second kappa shape index (κ2) is 11.1. The van der Waals surface area contributed by atoms with Gasteiger partial charge in [0.2, 0.25) is 11.9 Å². The first-order valence-corrected chi connectivity index (χ1v) is 11.5. The molecule has 1 aromatic heterocycles. The number of aromatic nitrogens is 2. The second-order valence-corrected chi connectivity index (χ2v) is 8.35. The highest BCUT2D eigenvalue weighted by Crippen LogP contribution is 2.41. The lowest BCUT2D eigenvalue weighted by molar-refractivity contribution is -0.131. The fourth-order valence-corrected chi connectivity index (χ4v) is 4.39. The van der Waals surface area contributed by atoms with Gasteiger partial charge in [-0.05, 0) is 37.7 Å². The summed E-state index contributed by atoms with van der Waals surface area (Å²) in [5, 5.41) is 6.67. The summed E-state index contributed by atoms with van der Waals surface area (Å²) in [6.07, 6.45) is 10.4. The Morgan fingerprint density at radius 3 is 2.43 bits per heavy atom. The fourth-order valence-electron chi connectivity index (χ4n) is 4.39. The van der Waals surface area contributed by atoms with E-state index in [1.54, 1.807) is 12.4 Å². The lowest BCUT2D eigenvalue weighted by Gasteiger charge is -2.34. The molecule has 2 heterocycles. The molecule has 0 spiro atoms. The quantitative estimate of drug-likeness (QED) is 0.499. The Balaban J connectivity index is 1.41. The summed E-state index contributed by atoms with van der Waals surface area (Å²) >= 11 is 0. The Morgan fingerprint density at radius 2 is 1.80 bits per heavy atom. The van der Waals surface area contributed by atoms with Gasteiger partial charge in [0.15, 0.2) is 5.96 Å². The maximum Gasteiger partial charge on any atom is 0.225 e. The average Bonchev–Trinajstić information content (AvgIpc) is 3.27. The number of rotatable bonds is 8. The van der Waals surface area contributed by atoms with Crippen molar-refractivity contribution >= 4 is 17.8 Å². The first-order valence-electron chi connectivity index (χ1n) is 11.5. The van der Waals surface area contributed by atoms with E-state index in [4.69, 9.17) is 4.99 Å². The number of hydrogen-bond acceptors (Lipinski definition) is 5. The highest BCUT2D eigenvalue weighted by Gasteiger charge is 2.31. The fraction of sp³-hybridized carbons (Fsp3) is 0.727. The van der Waals surface area contributed by atoms with Crippen LogP contribution in [0.2, 0.25) is 0 Å². The predicted octanol–water partition coefficient (Wildman–Crippen LogP) is 2.04. The molecule has 1 saturated heterocycles. The summed E-state index contributed by atoms with van der Waals surface area (Å²) in [6, 6.07) is 1.82. The molecule has 2 aliphatic rings. The standard InChI is InChI=1S/C22H37N7O/c1-3-22(9-5-6-10-22)18-27-20(23-4-2)24-13-8-19(30)28-14-16-29(17-15-28)21-25-11-7-12-26-21/h7,11-12H,3-6,8-10,13-18H2,1-2H3,(H2,23,24,27). The van der Waals surface area contributed by atoms with Crippen LogP contribution >= 0.6 is 0 Å². The molecule has 8 heteroatoms. The van der Waals surface area contributed by atoms with Crippen LogP contribution in [-0.4, -0.2) is 72.5 Å². The Kier molecular flexibility index (Phi) is 8.28. The number of hydrogen-bond donors (Lipinski definition) is 2. The van der Waals surface area contributed by atoms with Gasteiger partial charge < -0.3 is 20.4 Å². The van der Waals surface area contributed by atoms with Crippen LogP contribution < -0.4 is 15.5 Å². The predicted molar refractivity (Wildman–Crippen MR) is 121 cm³/mol. The summed E-state index contributed by atoms with van der Waals surface area (Å²) in [5.74, 6) is 1.76. The van der Waals surface area contributed by atoms with E-state index in [9.17, 15) is 4.79 Å². The van der Waals surface area contributed by atoms with E-state index in [2.05, 4.69) is 39.3 Å². The molecule has 166 valence electrons. The van der Waals surface area contributed by atoms with Crippen molar-refractivity contribution in [3.05, 3.63) is 18.5 Å². The number of piperazine rings is 1. The highest BCUT2D eigenvalue weighted by molar-refractivity contribution is 5.81. The molecule has 1 aromatic rings. The Bertz CT molecular complexity index is 680. The Hall–Kier alpha value is -2.38. The molecule has 0 radical (unpaired) electrons. The van der Waals surface area contributed by atoms with Crippen molar-refractivity contribution in [1.82, 2.24) is 25.5 Å². The molecule has 1 saturated carbocycles. The van der Waals surface area contributed by atoms with Gasteiger partial charge in [-0.2, -0.15) is 0 Å². The van der Waals surface area contributed by atoms with Crippen LogP contribution in [-0.2, 0) is 4.79 Å². The number of aliphatic imine (C=N–C) groups is 1. The molecule has 0 atom stereocenters. The van der Waals surface area contributed by atoms with Gasteiger partial charge in [0.1, 0.15) is 0 Å². The smallest absolute Gasteiger partial charge is 0.225 e. The first kappa shape index (κ1) is 22.3. The van der Waals surface area contributed by atoms with Gasteiger partial charge >= 0.3 is 0 Å². The zero-order chi connectivity index (χ0) is 21.2. The zero-order valence-electron chi connectivity index (χ0n) is 18.6. The van der Waals surface area contributed by atoms with Crippen molar-refractivity contribution in [3.8, 4) is 0 Å². The largest absolute Gasteiger partial charge is 0.357 e. The topological polar surface area (TPSA) is 85.8 Å². The molecule has 0 bridgehead atoms. The maximum atomic E-state index is 12.6. The summed E-state index contributed by atoms with van der Waals surface area (Å²) in [6.45, 7) is 9.62. The lowest BCUT2D eigenvalue weighted by atomic mass is 9.84. The maximum absolute atomic E-state index is 12.6. The minimum absolute atomic E-state index is 0.188. The van der Waals surface area contributed by atoms with Crippen molar-refractivity contribution < 1.29 is 4.79 Å². The van der Waals surface area contributed by atoms with Crippen molar-refractivity contribution in [2.24, 2.45) is 10.4 Å². The van der Waals surface area contributed by atoms with Crippen LogP contribution in [0.1, 0.15) is 52.4 Å². The third-order valence-corrected chi connectivity index (χ3v) is 6.43. The number of carbonyl (C=O) groups is 1. The molecule has 3 rings (SSSR count). The number of nitrogens with one attached hydrogen (secondary N) is 2. The molecule has 1 amide bonds. The SMILES string of the molecule is CCNC(=NCC1(CC)CCCC1)NCCC(=O)N1CCN(c2ncccn2)CC1. The minimum Gasteiger partial charge on any atom is -0.357 e. The van der Waals surface area contributed by atoms with E-state index in [-0.39, 0.29) is 5.91 Å². The molecule has 0 aromatic carbocycles. The third-order valence-electron chi connectivity index (χ3n) is 6.43. The van der Waals surface area contributed by atoms with E-state index < -0.39 is 0 Å². The van der Waals surface area contributed by atoms with Gasteiger partial charge in [0.05, 0.1) is 0 Å². The number of nitrogens with zero attached hydrogens (tertiary/aromatic N) is 5. The van der Waals surface area contributed by atoms with E-state index in [1.165, 1.54) is 32.1 Å². The van der Waals surface area contributed by atoms with E-state index in [0.29, 0.717) is 31.5 Å². The van der Waals surface area contributed by atoms with Crippen molar-refractivity contribution in [2.45, 2.75) is 52.4 Å². The van der Waals surface area contributed by atoms with Gasteiger partial charge in [-0.3, -0.25) is 9.79 Å².